The highest BCUT2D eigenvalue weighted by Crippen LogP contribution is 2.31. The first-order chi connectivity index (χ1) is 8.74. The van der Waals surface area contributed by atoms with E-state index in [4.69, 9.17) is 11.6 Å². The van der Waals surface area contributed by atoms with Gasteiger partial charge in [0.2, 0.25) is 0 Å². The third-order valence-electron chi connectivity index (χ3n) is 3.98. The zero-order valence-electron chi connectivity index (χ0n) is 11.0. The quantitative estimate of drug-likeness (QED) is 0.901. The Kier molecular flexibility index (Phi) is 3.49. The molecule has 1 saturated carbocycles. The van der Waals surface area contributed by atoms with Crippen molar-refractivity contribution in [2.45, 2.75) is 44.7 Å². The fourth-order valence-corrected chi connectivity index (χ4v) is 3.04. The van der Waals surface area contributed by atoms with Gasteiger partial charge in [-0.15, -0.1) is 0 Å². The molecule has 2 aliphatic rings. The fourth-order valence-electron chi connectivity index (χ4n) is 2.79. The minimum absolute atomic E-state index is 0.642. The van der Waals surface area contributed by atoms with Crippen molar-refractivity contribution in [3.8, 4) is 0 Å². The summed E-state index contributed by atoms with van der Waals surface area (Å²) in [7, 11) is 0. The lowest BCUT2D eigenvalue weighted by molar-refractivity contribution is 0.420. The Balaban J connectivity index is 1.72. The molecule has 1 unspecified atom stereocenters. The summed E-state index contributed by atoms with van der Waals surface area (Å²) in [6.45, 7) is 4.31. The van der Waals surface area contributed by atoms with Crippen LogP contribution >= 0.6 is 11.6 Å². The maximum absolute atomic E-state index is 6.43. The molecule has 3 rings (SSSR count). The van der Waals surface area contributed by atoms with Crippen molar-refractivity contribution < 1.29 is 0 Å². The first-order valence-electron chi connectivity index (χ1n) is 7.00. The summed E-state index contributed by atoms with van der Waals surface area (Å²) < 4.78 is 0. The van der Waals surface area contributed by atoms with Crippen LogP contribution in [0.5, 0.6) is 0 Å². The first-order valence-corrected chi connectivity index (χ1v) is 7.38. The highest BCUT2D eigenvalue weighted by atomic mass is 35.5. The van der Waals surface area contributed by atoms with E-state index in [0.29, 0.717) is 6.04 Å². The smallest absolute Gasteiger partial charge is 0.0668 e. The molecule has 2 fully saturated rings. The maximum Gasteiger partial charge on any atom is 0.0668 e. The molecule has 98 valence electrons. The zero-order chi connectivity index (χ0) is 12.5. The Hall–Kier alpha value is -0.730. The number of halogens is 1. The highest BCUT2D eigenvalue weighted by Gasteiger charge is 2.28. The second kappa shape index (κ2) is 5.10. The average Bonchev–Trinajstić information content (AvgIpc) is 3.17. The lowest BCUT2D eigenvalue weighted by Gasteiger charge is -2.35. The van der Waals surface area contributed by atoms with Gasteiger partial charge in [-0.05, 0) is 44.2 Å². The topological polar surface area (TPSA) is 15.3 Å². The van der Waals surface area contributed by atoms with Gasteiger partial charge in [-0.2, -0.15) is 0 Å². The van der Waals surface area contributed by atoms with Crippen LogP contribution < -0.4 is 10.2 Å². The second-order valence-corrected chi connectivity index (χ2v) is 6.01. The van der Waals surface area contributed by atoms with Crippen molar-refractivity contribution in [1.29, 1.82) is 0 Å². The van der Waals surface area contributed by atoms with Crippen LogP contribution in [0.2, 0.25) is 5.02 Å². The summed E-state index contributed by atoms with van der Waals surface area (Å²) in [5.74, 6) is 0. The Labute approximate surface area is 114 Å². The molecule has 0 bridgehead atoms. The molecule has 0 amide bonds. The number of piperidine rings is 1. The lowest BCUT2D eigenvalue weighted by atomic mass is 10.0. The number of nitrogens with zero attached hydrogens (tertiary/aromatic N) is 1. The molecule has 1 aromatic carbocycles. The van der Waals surface area contributed by atoms with Gasteiger partial charge in [0.1, 0.15) is 0 Å². The van der Waals surface area contributed by atoms with Crippen molar-refractivity contribution in [1.82, 2.24) is 5.32 Å². The Morgan fingerprint density at radius 2 is 2.06 bits per heavy atom. The van der Waals surface area contributed by atoms with Gasteiger partial charge in [0.05, 0.1) is 10.7 Å². The number of rotatable bonds is 3. The molecule has 1 N–H and O–H groups in total. The second-order valence-electron chi connectivity index (χ2n) is 5.63. The Morgan fingerprint density at radius 1 is 1.22 bits per heavy atom. The van der Waals surface area contributed by atoms with Crippen molar-refractivity contribution in [3.63, 3.8) is 0 Å². The number of benzene rings is 1. The third-order valence-corrected chi connectivity index (χ3v) is 4.47. The zero-order valence-corrected chi connectivity index (χ0v) is 11.7. The van der Waals surface area contributed by atoms with E-state index in [1.807, 2.05) is 0 Å². The lowest BCUT2D eigenvalue weighted by Crippen LogP contribution is -2.46. The SMILES string of the molecule is Cc1cccc(N2CCCC(NC3CC3)C2)c1Cl. The van der Waals surface area contributed by atoms with Crippen molar-refractivity contribution in [3.05, 3.63) is 28.8 Å². The summed E-state index contributed by atoms with van der Waals surface area (Å²) in [5.41, 5.74) is 2.38. The van der Waals surface area contributed by atoms with Crippen LogP contribution in [0.25, 0.3) is 0 Å². The van der Waals surface area contributed by atoms with Gasteiger partial charge in [0, 0.05) is 25.2 Å². The predicted octanol–water partition coefficient (Wildman–Crippen LogP) is 3.37. The molecular formula is C15H21ClN2. The summed E-state index contributed by atoms with van der Waals surface area (Å²) in [6, 6.07) is 7.77. The van der Waals surface area contributed by atoms with E-state index in [-0.39, 0.29) is 0 Å². The normalized spacial score (nSPS) is 24.3. The molecule has 0 aromatic heterocycles. The van der Waals surface area contributed by atoms with E-state index in [1.54, 1.807) is 0 Å². The molecule has 18 heavy (non-hydrogen) atoms. The number of nitrogens with one attached hydrogen (secondary N) is 1. The molecule has 0 spiro atoms. The summed E-state index contributed by atoms with van der Waals surface area (Å²) >= 11 is 6.43. The highest BCUT2D eigenvalue weighted by molar-refractivity contribution is 6.34. The summed E-state index contributed by atoms with van der Waals surface area (Å²) in [5, 5.41) is 4.66. The number of anilines is 1. The fraction of sp³-hybridized carbons (Fsp3) is 0.600. The molecule has 1 aromatic rings. The molecule has 1 heterocycles. The largest absolute Gasteiger partial charge is 0.369 e. The number of hydrogen-bond acceptors (Lipinski definition) is 2. The molecule has 2 nitrogen and oxygen atoms in total. The van der Waals surface area contributed by atoms with Crippen LogP contribution in [0, 0.1) is 6.92 Å². The number of aryl methyl sites for hydroxylation is 1. The van der Waals surface area contributed by atoms with Crippen LogP contribution in [0.4, 0.5) is 5.69 Å². The Morgan fingerprint density at radius 3 is 2.83 bits per heavy atom. The van der Waals surface area contributed by atoms with Crippen LogP contribution in [0.1, 0.15) is 31.2 Å². The number of hydrogen-bond donors (Lipinski definition) is 1. The van der Waals surface area contributed by atoms with Gasteiger partial charge in [0.15, 0.2) is 0 Å². The molecule has 1 aliphatic carbocycles. The molecule has 1 saturated heterocycles. The van der Waals surface area contributed by atoms with Gasteiger partial charge >= 0.3 is 0 Å². The first kappa shape index (κ1) is 12.3. The average molecular weight is 265 g/mol. The summed E-state index contributed by atoms with van der Waals surface area (Å²) in [6.07, 6.45) is 5.29. The van der Waals surface area contributed by atoms with E-state index in [1.165, 1.54) is 36.9 Å². The van der Waals surface area contributed by atoms with Gasteiger partial charge in [-0.3, -0.25) is 0 Å². The van der Waals surface area contributed by atoms with Crippen LogP contribution in [-0.2, 0) is 0 Å². The molecule has 3 heteroatoms. The van der Waals surface area contributed by atoms with Crippen LogP contribution in [0.3, 0.4) is 0 Å². The van der Waals surface area contributed by atoms with E-state index in [2.05, 4.69) is 35.3 Å². The minimum Gasteiger partial charge on any atom is -0.369 e. The van der Waals surface area contributed by atoms with E-state index in [9.17, 15) is 0 Å². The Bertz CT molecular complexity index is 429. The van der Waals surface area contributed by atoms with Crippen LogP contribution in [-0.4, -0.2) is 25.2 Å². The molecule has 1 atom stereocenters. The maximum atomic E-state index is 6.43. The monoisotopic (exact) mass is 264 g/mol. The third kappa shape index (κ3) is 2.65. The predicted molar refractivity (Wildman–Crippen MR) is 77.6 cm³/mol. The minimum atomic E-state index is 0.642. The molecule has 1 aliphatic heterocycles. The molecule has 0 radical (unpaired) electrons. The summed E-state index contributed by atoms with van der Waals surface area (Å²) in [4.78, 5) is 2.44. The van der Waals surface area contributed by atoms with Gasteiger partial charge in [0.25, 0.3) is 0 Å². The standard InChI is InChI=1S/C15H21ClN2/c1-11-4-2-6-14(15(11)16)18-9-3-5-13(10-18)17-12-7-8-12/h2,4,6,12-13,17H,3,5,7-10H2,1H3. The van der Waals surface area contributed by atoms with Crippen molar-refractivity contribution in [2.24, 2.45) is 0 Å². The van der Waals surface area contributed by atoms with Gasteiger partial charge in [-0.1, -0.05) is 23.7 Å². The van der Waals surface area contributed by atoms with E-state index >= 15 is 0 Å². The van der Waals surface area contributed by atoms with Gasteiger partial charge < -0.3 is 10.2 Å². The van der Waals surface area contributed by atoms with Crippen LogP contribution in [0.15, 0.2) is 18.2 Å². The van der Waals surface area contributed by atoms with E-state index < -0.39 is 0 Å². The molecular weight excluding hydrogens is 244 g/mol. The van der Waals surface area contributed by atoms with Crippen molar-refractivity contribution in [2.75, 3.05) is 18.0 Å². The van der Waals surface area contributed by atoms with Crippen molar-refractivity contribution >= 4 is 17.3 Å². The van der Waals surface area contributed by atoms with E-state index in [0.717, 1.165) is 24.2 Å². The van der Waals surface area contributed by atoms with Gasteiger partial charge in [-0.25, -0.2) is 0 Å².